The Labute approximate surface area is 140 Å². The van der Waals surface area contributed by atoms with Crippen molar-refractivity contribution < 1.29 is 9.59 Å². The molecule has 0 saturated heterocycles. The predicted octanol–water partition coefficient (Wildman–Crippen LogP) is 3.58. The quantitative estimate of drug-likeness (QED) is 0.780. The molecule has 0 aromatic heterocycles. The fourth-order valence-corrected chi connectivity index (χ4v) is 2.80. The number of fused-ring (bicyclic) bond motifs is 2. The second-order valence-corrected chi connectivity index (χ2v) is 5.40. The summed E-state index contributed by atoms with van der Waals surface area (Å²) in [6.45, 7) is 3.83. The summed E-state index contributed by atoms with van der Waals surface area (Å²) < 4.78 is 0. The molecule has 2 heterocycles. The van der Waals surface area contributed by atoms with Crippen LogP contribution in [0.5, 0.6) is 0 Å². The molecule has 0 unspecified atom stereocenters. The van der Waals surface area contributed by atoms with Gasteiger partial charge < -0.3 is 10.6 Å². The Kier molecular flexibility index (Phi) is 4.29. The lowest BCUT2D eigenvalue weighted by Gasteiger charge is -1.95. The molecule has 2 aromatic rings. The van der Waals surface area contributed by atoms with Crippen molar-refractivity contribution in [2.75, 3.05) is 0 Å². The Morgan fingerprint density at radius 3 is 1.29 bits per heavy atom. The lowest BCUT2D eigenvalue weighted by Crippen LogP contribution is -2.11. The van der Waals surface area contributed by atoms with Gasteiger partial charge in [0.1, 0.15) is 0 Å². The van der Waals surface area contributed by atoms with Crippen molar-refractivity contribution in [3.63, 3.8) is 0 Å². The van der Waals surface area contributed by atoms with Crippen molar-refractivity contribution in [3.8, 4) is 0 Å². The molecule has 2 aliphatic rings. The normalized spacial score (nSPS) is 17.8. The summed E-state index contributed by atoms with van der Waals surface area (Å²) in [5, 5.41) is 5.58. The molecule has 2 amide bonds. The van der Waals surface area contributed by atoms with E-state index in [1.54, 1.807) is 0 Å². The molecule has 0 spiro atoms. The largest absolute Gasteiger partial charge is 0.322 e. The topological polar surface area (TPSA) is 58.2 Å². The standard InChI is InChI=1S/2C10H9NO/c2*1-2-9-7-5-3-4-6-8(7)10(12)11-9/h2*2-6H,1H3,(H,11,12)/b2*9-2-. The van der Waals surface area contributed by atoms with Crippen molar-refractivity contribution >= 4 is 23.2 Å². The number of carbonyl (C=O) groups excluding carboxylic acids is 2. The monoisotopic (exact) mass is 318 g/mol. The van der Waals surface area contributed by atoms with E-state index in [0.29, 0.717) is 0 Å². The average Bonchev–Trinajstić information content (AvgIpc) is 3.13. The van der Waals surface area contributed by atoms with Crippen molar-refractivity contribution in [1.29, 1.82) is 0 Å². The first-order chi connectivity index (χ1) is 11.7. The number of hydrogen-bond donors (Lipinski definition) is 2. The molecule has 4 nitrogen and oxygen atoms in total. The van der Waals surface area contributed by atoms with E-state index >= 15 is 0 Å². The predicted molar refractivity (Wildman–Crippen MR) is 95.1 cm³/mol. The molecule has 0 radical (unpaired) electrons. The zero-order valence-corrected chi connectivity index (χ0v) is 13.6. The number of allylic oxidation sites excluding steroid dienone is 2. The molecule has 2 N–H and O–H groups in total. The van der Waals surface area contributed by atoms with E-state index in [9.17, 15) is 9.59 Å². The molecule has 2 aliphatic heterocycles. The first-order valence-electron chi connectivity index (χ1n) is 7.79. The second kappa shape index (κ2) is 6.54. The Morgan fingerprint density at radius 1 is 0.625 bits per heavy atom. The van der Waals surface area contributed by atoms with Crippen molar-refractivity contribution in [3.05, 3.63) is 82.9 Å². The van der Waals surface area contributed by atoms with Gasteiger partial charge in [-0.25, -0.2) is 0 Å². The van der Waals surface area contributed by atoms with Gasteiger partial charge in [0, 0.05) is 33.6 Å². The highest BCUT2D eigenvalue weighted by molar-refractivity contribution is 6.09. The molecule has 4 heteroatoms. The Hall–Kier alpha value is -3.14. The van der Waals surface area contributed by atoms with Gasteiger partial charge in [-0.15, -0.1) is 0 Å². The van der Waals surface area contributed by atoms with Gasteiger partial charge >= 0.3 is 0 Å². The van der Waals surface area contributed by atoms with E-state index in [1.165, 1.54) is 0 Å². The van der Waals surface area contributed by atoms with Crippen LogP contribution < -0.4 is 10.6 Å². The van der Waals surface area contributed by atoms with Gasteiger partial charge in [-0.3, -0.25) is 9.59 Å². The minimum absolute atomic E-state index is 0.00120. The van der Waals surface area contributed by atoms with Crippen molar-refractivity contribution in [1.82, 2.24) is 10.6 Å². The van der Waals surface area contributed by atoms with Crippen molar-refractivity contribution in [2.45, 2.75) is 13.8 Å². The van der Waals surface area contributed by atoms with E-state index in [4.69, 9.17) is 0 Å². The lowest BCUT2D eigenvalue weighted by molar-refractivity contribution is 0.0972. The number of benzene rings is 2. The maximum atomic E-state index is 11.3. The summed E-state index contributed by atoms with van der Waals surface area (Å²) >= 11 is 0. The van der Waals surface area contributed by atoms with Gasteiger partial charge in [-0.05, 0) is 26.0 Å². The molecule has 0 bridgehead atoms. The summed E-state index contributed by atoms with van der Waals surface area (Å²) in [6, 6.07) is 15.2. The third-order valence-corrected chi connectivity index (χ3v) is 4.00. The van der Waals surface area contributed by atoms with Crippen LogP contribution in [0.1, 0.15) is 45.7 Å². The minimum Gasteiger partial charge on any atom is -0.322 e. The number of nitrogens with one attached hydrogen (secondary N) is 2. The van der Waals surface area contributed by atoms with Crippen LogP contribution in [0.15, 0.2) is 60.7 Å². The van der Waals surface area contributed by atoms with Crippen LogP contribution in [0, 0.1) is 0 Å². The van der Waals surface area contributed by atoms with E-state index in [2.05, 4.69) is 10.6 Å². The maximum absolute atomic E-state index is 11.3. The molecule has 0 atom stereocenters. The van der Waals surface area contributed by atoms with Crippen LogP contribution in [0.3, 0.4) is 0 Å². The van der Waals surface area contributed by atoms with Gasteiger partial charge in [0.05, 0.1) is 0 Å². The number of hydrogen-bond acceptors (Lipinski definition) is 2. The molecule has 4 rings (SSSR count). The first kappa shape index (κ1) is 15.7. The van der Waals surface area contributed by atoms with Gasteiger partial charge in [0.2, 0.25) is 0 Å². The molecule has 0 aliphatic carbocycles. The smallest absolute Gasteiger partial charge is 0.256 e. The molecule has 24 heavy (non-hydrogen) atoms. The van der Waals surface area contributed by atoms with E-state index in [-0.39, 0.29) is 11.8 Å². The highest BCUT2D eigenvalue weighted by atomic mass is 16.2. The van der Waals surface area contributed by atoms with Crippen LogP contribution in [-0.2, 0) is 0 Å². The molecule has 2 aromatic carbocycles. The zero-order valence-electron chi connectivity index (χ0n) is 13.6. The van der Waals surface area contributed by atoms with E-state index in [0.717, 1.165) is 33.6 Å². The SMILES string of the molecule is C/C=C1\NC(=O)c2ccccc21.C/C=C1\NC(=O)c2ccccc21. The average molecular weight is 318 g/mol. The second-order valence-electron chi connectivity index (χ2n) is 5.40. The van der Waals surface area contributed by atoms with Crippen LogP contribution in [0.25, 0.3) is 11.4 Å². The zero-order chi connectivity index (χ0) is 17.1. The van der Waals surface area contributed by atoms with Gasteiger partial charge in [0.25, 0.3) is 11.8 Å². The van der Waals surface area contributed by atoms with Crippen LogP contribution >= 0.6 is 0 Å². The lowest BCUT2D eigenvalue weighted by atomic mass is 10.1. The minimum atomic E-state index is -0.00120. The summed E-state index contributed by atoms with van der Waals surface area (Å²) in [5.74, 6) is -0.00241. The Bertz CT molecular complexity index is 805. The fourth-order valence-electron chi connectivity index (χ4n) is 2.80. The van der Waals surface area contributed by atoms with Crippen LogP contribution in [-0.4, -0.2) is 11.8 Å². The first-order valence-corrected chi connectivity index (χ1v) is 7.79. The molecular formula is C20H18N2O2. The van der Waals surface area contributed by atoms with Gasteiger partial charge in [-0.1, -0.05) is 48.6 Å². The van der Waals surface area contributed by atoms with Crippen molar-refractivity contribution in [2.24, 2.45) is 0 Å². The van der Waals surface area contributed by atoms with E-state index < -0.39 is 0 Å². The third-order valence-electron chi connectivity index (χ3n) is 4.00. The molecule has 0 saturated carbocycles. The highest BCUT2D eigenvalue weighted by Gasteiger charge is 2.22. The summed E-state index contributed by atoms with van der Waals surface area (Å²) in [5.41, 5.74) is 5.37. The summed E-state index contributed by atoms with van der Waals surface area (Å²) in [7, 11) is 0. The number of amides is 2. The number of carbonyl (C=O) groups is 2. The Balaban J connectivity index is 0.000000141. The Morgan fingerprint density at radius 2 is 0.958 bits per heavy atom. The molecule has 120 valence electrons. The van der Waals surface area contributed by atoms with E-state index in [1.807, 2.05) is 74.5 Å². The molecule has 0 fully saturated rings. The molecular weight excluding hydrogens is 300 g/mol. The maximum Gasteiger partial charge on any atom is 0.256 e. The van der Waals surface area contributed by atoms with Gasteiger partial charge in [0.15, 0.2) is 0 Å². The fraction of sp³-hybridized carbons (Fsp3) is 0.100. The van der Waals surface area contributed by atoms with Gasteiger partial charge in [-0.2, -0.15) is 0 Å². The summed E-state index contributed by atoms with van der Waals surface area (Å²) in [6.07, 6.45) is 3.81. The highest BCUT2D eigenvalue weighted by Crippen LogP contribution is 2.24. The number of rotatable bonds is 0. The van der Waals surface area contributed by atoms with Crippen LogP contribution in [0.2, 0.25) is 0 Å². The summed E-state index contributed by atoms with van der Waals surface area (Å²) in [4.78, 5) is 22.6. The third kappa shape index (κ3) is 2.74. The van der Waals surface area contributed by atoms with Crippen LogP contribution in [0.4, 0.5) is 0 Å².